The van der Waals surface area contributed by atoms with Gasteiger partial charge in [-0.05, 0) is 29.8 Å². The molecule has 8 nitrogen and oxygen atoms in total. The second-order valence-electron chi connectivity index (χ2n) is 5.44. The molecule has 1 amide bonds. The van der Waals surface area contributed by atoms with Crippen molar-refractivity contribution in [2.45, 2.75) is 6.54 Å². The average molecular weight is 350 g/mol. The van der Waals surface area contributed by atoms with Crippen LogP contribution in [-0.2, 0) is 11.3 Å². The van der Waals surface area contributed by atoms with Crippen LogP contribution in [0.15, 0.2) is 59.4 Å². The maximum atomic E-state index is 12.0. The van der Waals surface area contributed by atoms with Crippen LogP contribution in [0.3, 0.4) is 0 Å². The fourth-order valence-electron chi connectivity index (χ4n) is 2.42. The summed E-state index contributed by atoms with van der Waals surface area (Å²) < 4.78 is 0. The second-order valence-corrected chi connectivity index (χ2v) is 5.44. The SMILES string of the molecule is O=C(C=Cc1ccc([N+](=O)[O-])cc1)NCc1n[nH]c(=O)c2ccccc12. The number of nitrogens with zero attached hydrogens (tertiary/aromatic N) is 2. The van der Waals surface area contributed by atoms with E-state index in [9.17, 15) is 19.7 Å². The molecule has 0 unspecified atom stereocenters. The van der Waals surface area contributed by atoms with Crippen molar-refractivity contribution in [1.29, 1.82) is 0 Å². The van der Waals surface area contributed by atoms with Gasteiger partial charge in [0.1, 0.15) is 0 Å². The van der Waals surface area contributed by atoms with Crippen molar-refractivity contribution in [3.05, 3.63) is 86.3 Å². The lowest BCUT2D eigenvalue weighted by Gasteiger charge is -2.05. The van der Waals surface area contributed by atoms with E-state index in [0.717, 1.165) is 0 Å². The molecule has 8 heteroatoms. The molecule has 0 radical (unpaired) electrons. The number of H-pyrrole nitrogens is 1. The largest absolute Gasteiger partial charge is 0.347 e. The highest BCUT2D eigenvalue weighted by atomic mass is 16.6. The predicted molar refractivity (Wildman–Crippen MR) is 96.3 cm³/mol. The molecule has 26 heavy (non-hydrogen) atoms. The normalized spacial score (nSPS) is 10.9. The van der Waals surface area contributed by atoms with E-state index in [1.165, 1.54) is 18.2 Å². The highest BCUT2D eigenvalue weighted by Gasteiger charge is 2.07. The zero-order valence-corrected chi connectivity index (χ0v) is 13.5. The second kappa shape index (κ2) is 7.39. The Balaban J connectivity index is 1.67. The minimum atomic E-state index is -0.484. The lowest BCUT2D eigenvalue weighted by atomic mass is 10.1. The molecule has 0 aliphatic carbocycles. The third-order valence-corrected chi connectivity index (χ3v) is 3.74. The Morgan fingerprint density at radius 2 is 1.85 bits per heavy atom. The summed E-state index contributed by atoms with van der Waals surface area (Å²) in [4.78, 5) is 33.8. The van der Waals surface area contributed by atoms with E-state index in [-0.39, 0.29) is 23.7 Å². The number of aromatic amines is 1. The highest BCUT2D eigenvalue weighted by molar-refractivity contribution is 5.92. The summed E-state index contributed by atoms with van der Waals surface area (Å²) >= 11 is 0. The summed E-state index contributed by atoms with van der Waals surface area (Å²) in [6.45, 7) is 0.154. The van der Waals surface area contributed by atoms with Gasteiger partial charge in [-0.2, -0.15) is 5.10 Å². The van der Waals surface area contributed by atoms with Gasteiger partial charge in [0.05, 0.1) is 22.5 Å². The maximum absolute atomic E-state index is 12.0. The average Bonchev–Trinajstić information content (AvgIpc) is 2.66. The fourth-order valence-corrected chi connectivity index (χ4v) is 2.42. The van der Waals surface area contributed by atoms with Crippen LogP contribution in [0.2, 0.25) is 0 Å². The van der Waals surface area contributed by atoms with Crippen molar-refractivity contribution in [2.75, 3.05) is 0 Å². The van der Waals surface area contributed by atoms with Crippen LogP contribution in [0.5, 0.6) is 0 Å². The zero-order chi connectivity index (χ0) is 18.5. The molecule has 0 saturated heterocycles. The van der Waals surface area contributed by atoms with Crippen molar-refractivity contribution in [1.82, 2.24) is 15.5 Å². The number of benzene rings is 2. The summed E-state index contributed by atoms with van der Waals surface area (Å²) in [6.07, 6.45) is 2.88. The third kappa shape index (κ3) is 3.81. The molecule has 0 saturated carbocycles. The van der Waals surface area contributed by atoms with Gasteiger partial charge in [-0.3, -0.25) is 19.7 Å². The van der Waals surface area contributed by atoms with Crippen LogP contribution in [0.1, 0.15) is 11.3 Å². The van der Waals surface area contributed by atoms with Crippen LogP contribution >= 0.6 is 0 Å². The Kier molecular flexibility index (Phi) is 4.84. The fraction of sp³-hybridized carbons (Fsp3) is 0.0556. The predicted octanol–water partition coefficient (Wildman–Crippen LogP) is 2.16. The first-order chi connectivity index (χ1) is 12.5. The minimum absolute atomic E-state index is 0.0115. The molecule has 0 fully saturated rings. The lowest BCUT2D eigenvalue weighted by Crippen LogP contribution is -2.22. The van der Waals surface area contributed by atoms with Crippen LogP contribution in [-0.4, -0.2) is 21.0 Å². The van der Waals surface area contributed by atoms with Crippen molar-refractivity contribution in [3.8, 4) is 0 Å². The van der Waals surface area contributed by atoms with Gasteiger partial charge in [-0.15, -0.1) is 0 Å². The smallest absolute Gasteiger partial charge is 0.272 e. The van der Waals surface area contributed by atoms with E-state index in [0.29, 0.717) is 22.0 Å². The van der Waals surface area contributed by atoms with Crippen molar-refractivity contribution < 1.29 is 9.72 Å². The van der Waals surface area contributed by atoms with E-state index in [4.69, 9.17) is 0 Å². The summed E-state index contributed by atoms with van der Waals surface area (Å²) in [5.74, 6) is -0.347. The molecule has 2 N–H and O–H groups in total. The lowest BCUT2D eigenvalue weighted by molar-refractivity contribution is -0.384. The van der Waals surface area contributed by atoms with Gasteiger partial charge in [0.25, 0.3) is 11.2 Å². The third-order valence-electron chi connectivity index (χ3n) is 3.74. The Morgan fingerprint density at radius 1 is 1.15 bits per heavy atom. The number of amides is 1. The molecule has 1 heterocycles. The standard InChI is InChI=1S/C18H14N4O4/c23-17(10-7-12-5-8-13(9-6-12)22(25)26)19-11-16-14-3-1-2-4-15(14)18(24)21-20-16/h1-10H,11H2,(H,19,23)(H,21,24). The van der Waals surface area contributed by atoms with Crippen molar-refractivity contribution >= 4 is 28.4 Å². The number of hydrogen-bond donors (Lipinski definition) is 2. The first-order valence-electron chi connectivity index (χ1n) is 7.71. The zero-order valence-electron chi connectivity index (χ0n) is 13.5. The molecule has 0 aliphatic rings. The molecule has 130 valence electrons. The molecule has 0 aliphatic heterocycles. The number of hydrogen-bond acceptors (Lipinski definition) is 5. The van der Waals surface area contributed by atoms with Gasteiger partial charge in [0.2, 0.25) is 5.91 Å². The van der Waals surface area contributed by atoms with Gasteiger partial charge in [0, 0.05) is 23.6 Å². The number of fused-ring (bicyclic) bond motifs is 1. The van der Waals surface area contributed by atoms with E-state index >= 15 is 0 Å². The highest BCUT2D eigenvalue weighted by Crippen LogP contribution is 2.13. The molecule has 2 aromatic carbocycles. The van der Waals surface area contributed by atoms with Crippen LogP contribution in [0.25, 0.3) is 16.8 Å². The number of non-ortho nitro benzene ring substituents is 1. The molecule has 0 spiro atoms. The summed E-state index contributed by atoms with van der Waals surface area (Å²) in [6, 6.07) is 12.9. The first kappa shape index (κ1) is 17.0. The molecule has 3 aromatic rings. The van der Waals surface area contributed by atoms with Crippen LogP contribution in [0.4, 0.5) is 5.69 Å². The number of carbonyl (C=O) groups is 1. The molecule has 0 atom stereocenters. The number of carbonyl (C=O) groups excluding carboxylic acids is 1. The van der Waals surface area contributed by atoms with E-state index < -0.39 is 4.92 Å². The van der Waals surface area contributed by atoms with Gasteiger partial charge in [0.15, 0.2) is 0 Å². The van der Waals surface area contributed by atoms with Crippen molar-refractivity contribution in [3.63, 3.8) is 0 Å². The minimum Gasteiger partial charge on any atom is -0.347 e. The molecular weight excluding hydrogens is 336 g/mol. The molecule has 3 rings (SSSR count). The number of nitro groups is 1. The van der Waals surface area contributed by atoms with Gasteiger partial charge in [-0.25, -0.2) is 5.10 Å². The molecule has 1 aromatic heterocycles. The van der Waals surface area contributed by atoms with Gasteiger partial charge >= 0.3 is 0 Å². The van der Waals surface area contributed by atoms with Gasteiger partial charge in [-0.1, -0.05) is 18.2 Å². The monoisotopic (exact) mass is 350 g/mol. The number of aromatic nitrogens is 2. The summed E-state index contributed by atoms with van der Waals surface area (Å²) in [5, 5.41) is 20.9. The number of nitro benzene ring substituents is 1. The Hall–Kier alpha value is -3.81. The van der Waals surface area contributed by atoms with E-state index in [1.54, 1.807) is 42.5 Å². The molecular formula is C18H14N4O4. The Labute approximate surface area is 147 Å². The summed E-state index contributed by atoms with van der Waals surface area (Å²) in [5.41, 5.74) is 0.923. The van der Waals surface area contributed by atoms with E-state index in [2.05, 4.69) is 15.5 Å². The van der Waals surface area contributed by atoms with Gasteiger partial charge < -0.3 is 5.32 Å². The Morgan fingerprint density at radius 3 is 2.54 bits per heavy atom. The van der Waals surface area contributed by atoms with Crippen LogP contribution in [0, 0.1) is 10.1 Å². The Bertz CT molecular complexity index is 1050. The summed E-state index contributed by atoms with van der Waals surface area (Å²) in [7, 11) is 0. The quantitative estimate of drug-likeness (QED) is 0.415. The maximum Gasteiger partial charge on any atom is 0.272 e. The topological polar surface area (TPSA) is 118 Å². The number of rotatable bonds is 5. The molecule has 0 bridgehead atoms. The number of nitrogens with one attached hydrogen (secondary N) is 2. The first-order valence-corrected chi connectivity index (χ1v) is 7.71. The van der Waals surface area contributed by atoms with E-state index in [1.807, 2.05) is 0 Å². The van der Waals surface area contributed by atoms with Crippen molar-refractivity contribution in [2.24, 2.45) is 0 Å². The van der Waals surface area contributed by atoms with Crippen LogP contribution < -0.4 is 10.9 Å².